The zero-order valence-corrected chi connectivity index (χ0v) is 11.9. The molecule has 0 atom stereocenters. The summed E-state index contributed by atoms with van der Waals surface area (Å²) in [6.07, 6.45) is 2.58. The summed E-state index contributed by atoms with van der Waals surface area (Å²) in [6.45, 7) is 4.64. The molecule has 0 unspecified atom stereocenters. The maximum Gasteiger partial charge on any atom is 0.230 e. The number of ketones is 1. The molecule has 0 fully saturated rings. The van der Waals surface area contributed by atoms with Gasteiger partial charge in [-0.1, -0.05) is 13.0 Å². The van der Waals surface area contributed by atoms with Crippen LogP contribution in [0.25, 0.3) is 0 Å². The van der Waals surface area contributed by atoms with Crippen LogP contribution < -0.4 is 0 Å². The zero-order valence-electron chi connectivity index (χ0n) is 10.4. The van der Waals surface area contributed by atoms with Gasteiger partial charge in [-0.2, -0.15) is 5.10 Å². The fourth-order valence-electron chi connectivity index (χ4n) is 1.76. The van der Waals surface area contributed by atoms with Crippen LogP contribution in [-0.4, -0.2) is 20.5 Å². The largest absolute Gasteiger partial charge is 0.285 e. The first kappa shape index (κ1) is 13.0. The van der Waals surface area contributed by atoms with Crippen molar-refractivity contribution >= 4 is 21.7 Å². The van der Waals surface area contributed by atoms with Gasteiger partial charge in [0, 0.05) is 12.2 Å². The summed E-state index contributed by atoms with van der Waals surface area (Å²) >= 11 is 3.37. The van der Waals surface area contributed by atoms with Crippen LogP contribution in [0.1, 0.15) is 35.2 Å². The number of aromatic nitrogens is 3. The van der Waals surface area contributed by atoms with E-state index in [1.807, 2.05) is 19.1 Å². The summed E-state index contributed by atoms with van der Waals surface area (Å²) in [7, 11) is 0. The molecule has 2 rings (SSSR count). The van der Waals surface area contributed by atoms with Crippen LogP contribution >= 0.6 is 15.9 Å². The first-order chi connectivity index (χ1) is 8.63. The van der Waals surface area contributed by atoms with E-state index >= 15 is 0 Å². The smallest absolute Gasteiger partial charge is 0.230 e. The summed E-state index contributed by atoms with van der Waals surface area (Å²) in [5.74, 6) is -0.100. The van der Waals surface area contributed by atoms with E-state index in [2.05, 4.69) is 32.9 Å². The van der Waals surface area contributed by atoms with Gasteiger partial charge in [0.25, 0.3) is 0 Å². The molecule has 0 bridgehead atoms. The lowest BCUT2D eigenvalue weighted by Crippen LogP contribution is -2.13. The molecule has 0 radical (unpaired) electrons. The Bertz CT molecular complexity index is 577. The molecule has 2 aromatic rings. The second kappa shape index (κ2) is 5.44. The van der Waals surface area contributed by atoms with Crippen LogP contribution in [0.3, 0.4) is 0 Å². The highest BCUT2D eigenvalue weighted by atomic mass is 79.9. The highest BCUT2D eigenvalue weighted by Gasteiger charge is 2.19. The maximum absolute atomic E-state index is 12.4. The van der Waals surface area contributed by atoms with Gasteiger partial charge in [0.2, 0.25) is 5.78 Å². The van der Waals surface area contributed by atoms with Crippen molar-refractivity contribution in [3.63, 3.8) is 0 Å². The average Bonchev–Trinajstić information content (AvgIpc) is 2.70. The Hall–Kier alpha value is -1.49. The number of aryl methyl sites for hydroxylation is 2. The molecule has 0 aromatic carbocycles. The molecule has 0 spiro atoms. The third-order valence-electron chi connectivity index (χ3n) is 2.57. The van der Waals surface area contributed by atoms with Gasteiger partial charge in [0.15, 0.2) is 0 Å². The van der Waals surface area contributed by atoms with Crippen molar-refractivity contribution in [2.24, 2.45) is 0 Å². The minimum absolute atomic E-state index is 0.100. The van der Waals surface area contributed by atoms with Crippen molar-refractivity contribution in [3.8, 4) is 0 Å². The van der Waals surface area contributed by atoms with E-state index in [9.17, 15) is 4.79 Å². The van der Waals surface area contributed by atoms with Crippen molar-refractivity contribution in [2.45, 2.75) is 26.8 Å². The van der Waals surface area contributed by atoms with Crippen molar-refractivity contribution in [3.05, 3.63) is 46.0 Å². The molecule has 0 saturated heterocycles. The number of hydrogen-bond donors (Lipinski definition) is 0. The predicted molar refractivity (Wildman–Crippen MR) is 72.6 cm³/mol. The molecule has 0 aliphatic heterocycles. The van der Waals surface area contributed by atoms with Crippen molar-refractivity contribution < 1.29 is 4.79 Å². The first-order valence-electron chi connectivity index (χ1n) is 5.83. The third-order valence-corrected chi connectivity index (χ3v) is 3.15. The standard InChI is InChI=1S/C13H14BrN3O/c1-3-7-17-12(10(14)8-15-17)13(18)11-6-4-5-9(2)16-11/h4-6,8H,3,7H2,1-2H3. The van der Waals surface area contributed by atoms with Gasteiger partial charge in [0.05, 0.1) is 10.7 Å². The fourth-order valence-corrected chi connectivity index (χ4v) is 2.24. The summed E-state index contributed by atoms with van der Waals surface area (Å²) in [5, 5.41) is 4.20. The molecule has 94 valence electrons. The molecule has 4 nitrogen and oxygen atoms in total. The molecule has 18 heavy (non-hydrogen) atoms. The second-order valence-corrected chi connectivity index (χ2v) is 4.91. The highest BCUT2D eigenvalue weighted by molar-refractivity contribution is 9.10. The Labute approximate surface area is 114 Å². The van der Waals surface area contributed by atoms with Gasteiger partial charge in [-0.15, -0.1) is 0 Å². The van der Waals surface area contributed by atoms with Crippen LogP contribution in [0.2, 0.25) is 0 Å². The first-order valence-corrected chi connectivity index (χ1v) is 6.62. The Morgan fingerprint density at radius 1 is 1.44 bits per heavy atom. The van der Waals surface area contributed by atoms with Crippen LogP contribution in [0, 0.1) is 6.92 Å². The lowest BCUT2D eigenvalue weighted by Gasteiger charge is -2.06. The van der Waals surface area contributed by atoms with Gasteiger partial charge in [0.1, 0.15) is 11.4 Å². The number of rotatable bonds is 4. The summed E-state index contributed by atoms with van der Waals surface area (Å²) in [6, 6.07) is 5.43. The quantitative estimate of drug-likeness (QED) is 0.816. The minimum Gasteiger partial charge on any atom is -0.285 e. The molecule has 0 aliphatic carbocycles. The maximum atomic E-state index is 12.4. The Balaban J connectivity index is 2.42. The normalized spacial score (nSPS) is 10.6. The highest BCUT2D eigenvalue weighted by Crippen LogP contribution is 2.19. The monoisotopic (exact) mass is 307 g/mol. The fraction of sp³-hybridized carbons (Fsp3) is 0.308. The van der Waals surface area contributed by atoms with Gasteiger partial charge in [-0.05, 0) is 41.4 Å². The van der Waals surface area contributed by atoms with E-state index in [1.165, 1.54) is 0 Å². The number of carbonyl (C=O) groups is 1. The van der Waals surface area contributed by atoms with Crippen LogP contribution in [-0.2, 0) is 6.54 Å². The van der Waals surface area contributed by atoms with Crippen LogP contribution in [0.5, 0.6) is 0 Å². The van der Waals surface area contributed by atoms with Gasteiger partial charge in [-0.25, -0.2) is 4.98 Å². The molecule has 0 amide bonds. The molecule has 5 heteroatoms. The van der Waals surface area contributed by atoms with Crippen LogP contribution in [0.15, 0.2) is 28.9 Å². The zero-order chi connectivity index (χ0) is 13.1. The molecule has 2 aromatic heterocycles. The van der Waals surface area contributed by atoms with E-state index in [0.29, 0.717) is 15.9 Å². The van der Waals surface area contributed by atoms with E-state index in [-0.39, 0.29) is 5.78 Å². The number of halogens is 1. The van der Waals surface area contributed by atoms with Crippen LogP contribution in [0.4, 0.5) is 0 Å². The van der Waals surface area contributed by atoms with Crippen molar-refractivity contribution in [1.82, 2.24) is 14.8 Å². The lowest BCUT2D eigenvalue weighted by molar-refractivity contribution is 0.102. The topological polar surface area (TPSA) is 47.8 Å². The van der Waals surface area contributed by atoms with Crippen molar-refractivity contribution in [1.29, 1.82) is 0 Å². The Morgan fingerprint density at radius 2 is 2.22 bits per heavy atom. The summed E-state index contributed by atoms with van der Waals surface area (Å²) in [5.41, 5.74) is 1.85. The lowest BCUT2D eigenvalue weighted by atomic mass is 10.2. The molecule has 2 heterocycles. The van der Waals surface area contributed by atoms with Gasteiger partial charge >= 0.3 is 0 Å². The van der Waals surface area contributed by atoms with Gasteiger partial charge < -0.3 is 0 Å². The predicted octanol–water partition coefficient (Wildman–Crippen LogP) is 2.99. The van der Waals surface area contributed by atoms with E-state index in [1.54, 1.807) is 16.9 Å². The number of pyridine rings is 1. The second-order valence-electron chi connectivity index (χ2n) is 4.06. The average molecular weight is 308 g/mol. The molecule has 0 aliphatic rings. The number of hydrogen-bond acceptors (Lipinski definition) is 3. The summed E-state index contributed by atoms with van der Waals surface area (Å²) in [4.78, 5) is 16.7. The van der Waals surface area contributed by atoms with Crippen molar-refractivity contribution in [2.75, 3.05) is 0 Å². The molecule has 0 saturated carbocycles. The van der Waals surface area contributed by atoms with Gasteiger partial charge in [-0.3, -0.25) is 9.48 Å². The summed E-state index contributed by atoms with van der Waals surface area (Å²) < 4.78 is 2.43. The van der Waals surface area contributed by atoms with E-state index < -0.39 is 0 Å². The molecular weight excluding hydrogens is 294 g/mol. The Morgan fingerprint density at radius 3 is 2.89 bits per heavy atom. The molecular formula is C13H14BrN3O. The number of carbonyl (C=O) groups excluding carboxylic acids is 1. The SMILES string of the molecule is CCCn1ncc(Br)c1C(=O)c1cccc(C)n1. The van der Waals surface area contributed by atoms with E-state index in [0.717, 1.165) is 18.7 Å². The Kier molecular flexibility index (Phi) is 3.91. The minimum atomic E-state index is -0.100. The molecule has 0 N–H and O–H groups in total. The number of nitrogens with zero attached hydrogens (tertiary/aromatic N) is 3. The third kappa shape index (κ3) is 2.51. The van der Waals surface area contributed by atoms with E-state index in [4.69, 9.17) is 0 Å².